The van der Waals surface area contributed by atoms with E-state index >= 15 is 0 Å². The molecule has 2 rings (SSSR count). The average Bonchev–Trinajstić information content (AvgIpc) is 3.57. The minimum Gasteiger partial charge on any atom is -0.352 e. The minimum absolute atomic E-state index is 0.0575. The van der Waals surface area contributed by atoms with Gasteiger partial charge in [0.15, 0.2) is 0 Å². The second-order valence-electron chi connectivity index (χ2n) is 14.2. The van der Waals surface area contributed by atoms with Crippen molar-refractivity contribution in [2.24, 2.45) is 0 Å². The Labute approximate surface area is 372 Å². The van der Waals surface area contributed by atoms with E-state index in [0.29, 0.717) is 43.7 Å². The number of alkyl halides is 3. The second-order valence-corrected chi connectivity index (χ2v) is 20.4. The first-order valence-electron chi connectivity index (χ1n) is 19.7. The van der Waals surface area contributed by atoms with Gasteiger partial charge in [0.05, 0.1) is 36.9 Å². The second kappa shape index (κ2) is 30.0. The Morgan fingerprint density at radius 1 is 1.07 bits per heavy atom. The fraction of sp³-hybridized carbons (Fsp3) is 0.730. The Hall–Kier alpha value is -2.26. The van der Waals surface area contributed by atoms with Crippen LogP contribution in [0.5, 0.6) is 0 Å². The molecule has 0 spiro atoms. The van der Waals surface area contributed by atoms with Crippen LogP contribution in [0.2, 0.25) is 0 Å². The van der Waals surface area contributed by atoms with Crippen LogP contribution in [0.1, 0.15) is 93.4 Å². The lowest BCUT2D eigenvalue weighted by atomic mass is 10.1. The average molecular weight is 963 g/mol. The van der Waals surface area contributed by atoms with E-state index in [1.54, 1.807) is 5.32 Å². The molecule has 2 heterocycles. The molecule has 5 atom stereocenters. The van der Waals surface area contributed by atoms with Crippen LogP contribution in [0.25, 0.3) is 10.9 Å². The highest BCUT2D eigenvalue weighted by Crippen LogP contribution is 2.50. The van der Waals surface area contributed by atoms with Gasteiger partial charge in [0.25, 0.3) is 14.1 Å². The van der Waals surface area contributed by atoms with Crippen molar-refractivity contribution in [2.45, 2.75) is 130 Å². The predicted octanol–water partition coefficient (Wildman–Crippen LogP) is 7.59. The van der Waals surface area contributed by atoms with E-state index < -0.39 is 57.7 Å². The van der Waals surface area contributed by atoms with E-state index in [4.69, 9.17) is 41.4 Å². The number of carbonyl (C=O) groups is 2. The summed E-state index contributed by atoms with van der Waals surface area (Å²) in [5.74, 6) is -1.78. The lowest BCUT2D eigenvalue weighted by Gasteiger charge is -2.37. The zero-order valence-corrected chi connectivity index (χ0v) is 40.2. The minimum atomic E-state index is -4.91. The summed E-state index contributed by atoms with van der Waals surface area (Å²) in [6.07, 6.45) is -1.41. The highest BCUT2D eigenvalue weighted by molar-refractivity contribution is 8.76. The molecule has 1 aliphatic heterocycles. The highest BCUT2D eigenvalue weighted by Gasteiger charge is 2.41. The van der Waals surface area contributed by atoms with Gasteiger partial charge in [-0.15, -0.1) is 0 Å². The third-order valence-corrected chi connectivity index (χ3v) is 15.2. The number of aromatic amines is 1. The van der Waals surface area contributed by atoms with Crippen LogP contribution in [0, 0.1) is 17.9 Å². The molecule has 1 aromatic heterocycles. The number of hydrogen-bond donors (Lipinski definition) is 3. The summed E-state index contributed by atoms with van der Waals surface area (Å²) in [5, 5.41) is 12.8. The SMILES string of the molecule is CC(C)N(C(C)C)P(Cl)OCCC#N.[C-]#[N+]CCOP(O[C@H]1C[C@H](n2cc(/C=C/C(=O)NCCSSCCNC(=O)C(F)(F)F)c(=O)[nH]c2=O)O[C@@H]1CC)N(C(C)C)C(C)C. The number of hydrogen-bond acceptors (Lipinski definition) is 13. The quantitative estimate of drug-likeness (QED) is 0.0287. The van der Waals surface area contributed by atoms with Crippen molar-refractivity contribution in [1.29, 1.82) is 5.26 Å². The van der Waals surface area contributed by atoms with E-state index in [-0.39, 0.29) is 55.7 Å². The van der Waals surface area contributed by atoms with Gasteiger partial charge in [-0.3, -0.25) is 23.9 Å². The molecule has 0 bridgehead atoms. The number of rotatable bonds is 25. The maximum Gasteiger partial charge on any atom is 0.471 e. The zero-order chi connectivity index (χ0) is 46.3. The Balaban J connectivity index is 0.00000113. The lowest BCUT2D eigenvalue weighted by Crippen LogP contribution is -2.37. The molecule has 3 N–H and O–H groups in total. The van der Waals surface area contributed by atoms with E-state index in [2.05, 4.69) is 52.2 Å². The number of aromatic nitrogens is 2. The third-order valence-electron chi connectivity index (χ3n) is 8.13. The van der Waals surface area contributed by atoms with Gasteiger partial charge in [-0.1, -0.05) is 28.5 Å². The van der Waals surface area contributed by atoms with Gasteiger partial charge in [0.1, 0.15) is 12.8 Å². The molecule has 2 amide bonds. The zero-order valence-electron chi connectivity index (χ0n) is 36.1. The van der Waals surface area contributed by atoms with Gasteiger partial charge in [0.2, 0.25) is 20.1 Å². The summed E-state index contributed by atoms with van der Waals surface area (Å²) < 4.78 is 66.1. The Morgan fingerprint density at radius 3 is 2.18 bits per heavy atom. The number of ether oxygens (including phenoxy) is 1. The third kappa shape index (κ3) is 21.3. The van der Waals surface area contributed by atoms with Gasteiger partial charge in [0, 0.05) is 67.5 Å². The van der Waals surface area contributed by atoms with Crippen molar-refractivity contribution in [1.82, 2.24) is 29.5 Å². The van der Waals surface area contributed by atoms with Crippen molar-refractivity contribution >= 4 is 66.9 Å². The summed E-state index contributed by atoms with van der Waals surface area (Å²) >= 11 is 6.13. The van der Waals surface area contributed by atoms with Crippen LogP contribution in [0.15, 0.2) is 21.9 Å². The lowest BCUT2D eigenvalue weighted by molar-refractivity contribution is -0.173. The molecular weight excluding hydrogens is 903 g/mol. The van der Waals surface area contributed by atoms with E-state index in [1.165, 1.54) is 38.4 Å². The molecule has 1 aromatic rings. The smallest absolute Gasteiger partial charge is 0.352 e. The fourth-order valence-corrected chi connectivity index (χ4v) is 11.6. The maximum absolute atomic E-state index is 12.8. The first-order chi connectivity index (χ1) is 28.7. The molecule has 61 heavy (non-hydrogen) atoms. The first kappa shape index (κ1) is 56.8. The van der Waals surface area contributed by atoms with E-state index in [0.717, 1.165) is 6.08 Å². The summed E-state index contributed by atoms with van der Waals surface area (Å²) in [4.78, 5) is 54.0. The van der Waals surface area contributed by atoms with Gasteiger partial charge in [-0.25, -0.2) is 20.7 Å². The van der Waals surface area contributed by atoms with E-state index in [1.807, 2.05) is 40.7 Å². The van der Waals surface area contributed by atoms with Crippen LogP contribution < -0.4 is 21.9 Å². The molecular formula is C37H60ClF3N8O8P2S2. The van der Waals surface area contributed by atoms with Crippen molar-refractivity contribution in [3.8, 4) is 6.07 Å². The standard InChI is InChI=1S/C28H42F3N6O7PS2.C9H18ClN2OP/c1-7-21-22(44-45(42-13-10-32-6)37(18(2)3)19(4)5)16-24(43-21)36-17-20(25(39)35-27(36)41)8-9-23(38)33-11-14-46-47-15-12-34-26(40)28(29,30)31;1-8(2)12(9(3)4)14(10)13-7-5-6-11/h8-9,17-19,21-22,24H,7,10-16H2,1-5H3,(H,33,38)(H,34,40)(H,35,39,41);8-9H,5,7H2,1-4H3/b9-8+;/t21-,22+,24-,45?;/m1./s1. The Bertz CT molecular complexity index is 1700. The summed E-state index contributed by atoms with van der Waals surface area (Å²) in [7, 11) is -0.0659. The van der Waals surface area contributed by atoms with Crippen LogP contribution >= 0.6 is 49.0 Å². The molecule has 16 nitrogen and oxygen atoms in total. The van der Waals surface area contributed by atoms with Crippen LogP contribution in [0.3, 0.4) is 0 Å². The van der Waals surface area contributed by atoms with Gasteiger partial charge < -0.3 is 33.8 Å². The first-order valence-corrected chi connectivity index (χ1v) is 25.4. The number of nitrogens with one attached hydrogen (secondary N) is 3. The topological polar surface area (TPSA) is 185 Å². The summed E-state index contributed by atoms with van der Waals surface area (Å²) in [5.41, 5.74) is -1.30. The van der Waals surface area contributed by atoms with Crippen LogP contribution in [-0.4, -0.2) is 118 Å². The van der Waals surface area contributed by atoms with Crippen molar-refractivity contribution in [3.63, 3.8) is 0 Å². The summed E-state index contributed by atoms with van der Waals surface area (Å²) in [6, 6.07) is 2.96. The molecule has 0 aliphatic carbocycles. The van der Waals surface area contributed by atoms with E-state index in [9.17, 15) is 32.3 Å². The normalized spacial score (nSPS) is 17.8. The molecule has 0 saturated carbocycles. The predicted molar refractivity (Wildman–Crippen MR) is 239 cm³/mol. The number of amides is 2. The maximum atomic E-state index is 12.8. The molecule has 0 radical (unpaired) electrons. The number of carbonyl (C=O) groups excluding carboxylic acids is 2. The van der Waals surface area contributed by atoms with Gasteiger partial charge >= 0.3 is 17.8 Å². The Morgan fingerprint density at radius 2 is 1.66 bits per heavy atom. The fourth-order valence-electron chi connectivity index (χ4n) is 5.64. The summed E-state index contributed by atoms with van der Waals surface area (Å²) in [6.45, 7) is 26.5. The number of nitriles is 1. The molecule has 2 unspecified atom stereocenters. The monoisotopic (exact) mass is 962 g/mol. The largest absolute Gasteiger partial charge is 0.471 e. The molecule has 346 valence electrons. The molecule has 0 aromatic carbocycles. The van der Waals surface area contributed by atoms with Crippen molar-refractivity contribution in [3.05, 3.63) is 50.1 Å². The van der Waals surface area contributed by atoms with Gasteiger partial charge in [-0.05, 0) is 79.1 Å². The molecule has 1 aliphatic rings. The number of H-pyrrole nitrogens is 1. The van der Waals surface area contributed by atoms with Crippen LogP contribution in [-0.2, 0) is 27.9 Å². The molecule has 1 saturated heterocycles. The molecule has 1 fully saturated rings. The van der Waals surface area contributed by atoms with Crippen LogP contribution in [0.4, 0.5) is 13.2 Å². The molecule has 24 heteroatoms. The highest BCUT2D eigenvalue weighted by atomic mass is 35.7. The van der Waals surface area contributed by atoms with Gasteiger partial charge in [-0.2, -0.15) is 18.4 Å². The Kier molecular flexibility index (Phi) is 27.9. The number of nitrogens with zero attached hydrogens (tertiary/aromatic N) is 5. The van der Waals surface area contributed by atoms with Crippen molar-refractivity contribution in [2.75, 3.05) is 44.4 Å². The van der Waals surface area contributed by atoms with Crippen molar-refractivity contribution < 1.29 is 41.1 Å². The number of halogens is 4.